The monoisotopic (exact) mass is 432 g/mol. The summed E-state index contributed by atoms with van der Waals surface area (Å²) in [6, 6.07) is 17.0. The van der Waals surface area contributed by atoms with Crippen molar-refractivity contribution in [2.45, 2.75) is 20.8 Å². The van der Waals surface area contributed by atoms with E-state index in [0.29, 0.717) is 50.1 Å². The molecule has 2 heterocycles. The lowest BCUT2D eigenvalue weighted by Crippen LogP contribution is -2.49. The molecule has 1 aliphatic rings. The second-order valence-electron chi connectivity index (χ2n) is 7.76. The van der Waals surface area contributed by atoms with Crippen LogP contribution in [0, 0.1) is 13.8 Å². The Labute approximate surface area is 188 Å². The Balaban J connectivity index is 1.39. The number of anilines is 1. The number of hydrogen-bond acceptors (Lipinski definition) is 6. The van der Waals surface area contributed by atoms with Crippen LogP contribution in [0.15, 0.2) is 54.6 Å². The van der Waals surface area contributed by atoms with E-state index in [2.05, 4.69) is 14.9 Å². The number of carbonyl (C=O) groups is 1. The number of aryl methyl sites for hydroxylation is 2. The lowest BCUT2D eigenvalue weighted by molar-refractivity contribution is 0.0746. The van der Waals surface area contributed by atoms with Crippen molar-refractivity contribution >= 4 is 11.7 Å². The maximum absolute atomic E-state index is 12.9. The van der Waals surface area contributed by atoms with E-state index < -0.39 is 0 Å². The molecule has 0 bridgehead atoms. The van der Waals surface area contributed by atoms with E-state index in [1.54, 1.807) is 0 Å². The molecule has 4 rings (SSSR count). The fraction of sp³-hybridized carbons (Fsp3) is 0.320. The summed E-state index contributed by atoms with van der Waals surface area (Å²) in [7, 11) is 0. The molecule has 2 aromatic carbocycles. The fourth-order valence-corrected chi connectivity index (χ4v) is 3.65. The molecule has 0 atom stereocenters. The van der Waals surface area contributed by atoms with E-state index in [-0.39, 0.29) is 5.91 Å². The molecule has 1 amide bonds. The predicted octanol–water partition coefficient (Wildman–Crippen LogP) is 4.25. The van der Waals surface area contributed by atoms with Crippen molar-refractivity contribution in [3.05, 3.63) is 71.5 Å². The molecule has 1 aromatic heterocycles. The van der Waals surface area contributed by atoms with Gasteiger partial charge in [-0.25, -0.2) is 4.98 Å². The van der Waals surface area contributed by atoms with E-state index in [4.69, 9.17) is 9.47 Å². The molecule has 7 heteroatoms. The van der Waals surface area contributed by atoms with Crippen LogP contribution in [0.4, 0.5) is 5.82 Å². The summed E-state index contributed by atoms with van der Waals surface area (Å²) in [5.41, 5.74) is 1.85. The molecular weight excluding hydrogens is 404 g/mol. The molecule has 166 valence electrons. The molecule has 0 aliphatic carbocycles. The number of aromatic nitrogens is 2. The summed E-state index contributed by atoms with van der Waals surface area (Å²) < 4.78 is 11.4. The van der Waals surface area contributed by atoms with E-state index in [0.717, 1.165) is 17.3 Å². The van der Waals surface area contributed by atoms with Gasteiger partial charge in [-0.15, -0.1) is 0 Å². The third-order valence-electron chi connectivity index (χ3n) is 5.35. The number of benzene rings is 2. The molecule has 1 aliphatic heterocycles. The number of nitrogens with zero attached hydrogens (tertiary/aromatic N) is 4. The van der Waals surface area contributed by atoms with Crippen LogP contribution in [0.3, 0.4) is 0 Å². The fourth-order valence-electron chi connectivity index (χ4n) is 3.65. The van der Waals surface area contributed by atoms with E-state index in [1.807, 2.05) is 80.3 Å². The highest BCUT2D eigenvalue weighted by molar-refractivity contribution is 5.94. The van der Waals surface area contributed by atoms with Crippen molar-refractivity contribution in [3.8, 4) is 17.4 Å². The van der Waals surface area contributed by atoms with Crippen molar-refractivity contribution in [2.75, 3.05) is 37.7 Å². The zero-order valence-electron chi connectivity index (χ0n) is 18.7. The number of hydrogen-bond donors (Lipinski definition) is 0. The molecular formula is C25H28N4O3. The standard InChI is InChI=1S/C25H28N4O3/c1-4-31-21-11-7-20(8-12-21)25(30)29-15-13-28(14-16-29)23-17-24(27-19(3)26-23)32-22-9-5-18(2)6-10-22/h5-12,17H,4,13-16H2,1-3H3. The number of piperazine rings is 1. The van der Waals surface area contributed by atoms with Crippen LogP contribution in [0.2, 0.25) is 0 Å². The Morgan fingerprint density at radius 1 is 0.906 bits per heavy atom. The minimum atomic E-state index is 0.0370. The normalized spacial score (nSPS) is 13.7. The van der Waals surface area contributed by atoms with Crippen molar-refractivity contribution in [2.24, 2.45) is 0 Å². The highest BCUT2D eigenvalue weighted by Crippen LogP contribution is 2.24. The topological polar surface area (TPSA) is 67.8 Å². The molecule has 1 saturated heterocycles. The van der Waals surface area contributed by atoms with Gasteiger partial charge in [0.05, 0.1) is 6.61 Å². The van der Waals surface area contributed by atoms with Gasteiger partial charge in [0.15, 0.2) is 0 Å². The van der Waals surface area contributed by atoms with Gasteiger partial charge < -0.3 is 19.3 Å². The third kappa shape index (κ3) is 5.17. The van der Waals surface area contributed by atoms with Crippen LogP contribution >= 0.6 is 0 Å². The molecule has 0 spiro atoms. The van der Waals surface area contributed by atoms with Gasteiger partial charge in [-0.1, -0.05) is 17.7 Å². The van der Waals surface area contributed by atoms with Crippen molar-refractivity contribution in [1.29, 1.82) is 0 Å². The molecule has 0 saturated carbocycles. The summed E-state index contributed by atoms with van der Waals surface area (Å²) in [4.78, 5) is 25.9. The highest BCUT2D eigenvalue weighted by atomic mass is 16.5. The van der Waals surface area contributed by atoms with Gasteiger partial charge in [-0.05, 0) is 57.2 Å². The Bertz CT molecular complexity index is 1060. The molecule has 0 unspecified atom stereocenters. The van der Waals surface area contributed by atoms with Gasteiger partial charge in [-0.2, -0.15) is 4.98 Å². The summed E-state index contributed by atoms with van der Waals surface area (Å²) in [6.07, 6.45) is 0. The van der Waals surface area contributed by atoms with E-state index in [9.17, 15) is 4.79 Å². The maximum atomic E-state index is 12.9. The molecule has 3 aromatic rings. The first-order valence-electron chi connectivity index (χ1n) is 10.9. The highest BCUT2D eigenvalue weighted by Gasteiger charge is 2.23. The van der Waals surface area contributed by atoms with Gasteiger partial charge in [-0.3, -0.25) is 4.79 Å². The smallest absolute Gasteiger partial charge is 0.253 e. The Morgan fingerprint density at radius 3 is 2.22 bits per heavy atom. The summed E-state index contributed by atoms with van der Waals surface area (Å²) >= 11 is 0. The first-order chi connectivity index (χ1) is 15.5. The second kappa shape index (κ2) is 9.68. The van der Waals surface area contributed by atoms with Crippen LogP contribution in [-0.4, -0.2) is 53.6 Å². The number of amides is 1. The van der Waals surface area contributed by atoms with Gasteiger partial charge in [0.1, 0.15) is 23.1 Å². The Morgan fingerprint density at radius 2 is 1.56 bits per heavy atom. The largest absolute Gasteiger partial charge is 0.494 e. The molecule has 32 heavy (non-hydrogen) atoms. The third-order valence-corrected chi connectivity index (χ3v) is 5.35. The van der Waals surface area contributed by atoms with Crippen LogP contribution in [0.25, 0.3) is 0 Å². The number of rotatable bonds is 6. The minimum absolute atomic E-state index is 0.0370. The Kier molecular flexibility index (Phi) is 6.54. The average Bonchev–Trinajstić information content (AvgIpc) is 2.81. The number of ether oxygens (including phenoxy) is 2. The van der Waals surface area contributed by atoms with Crippen molar-refractivity contribution in [1.82, 2.24) is 14.9 Å². The van der Waals surface area contributed by atoms with Gasteiger partial charge in [0, 0.05) is 37.8 Å². The van der Waals surface area contributed by atoms with Gasteiger partial charge in [0.25, 0.3) is 5.91 Å². The average molecular weight is 433 g/mol. The van der Waals surface area contributed by atoms with E-state index in [1.165, 1.54) is 5.56 Å². The first-order valence-corrected chi connectivity index (χ1v) is 10.9. The SMILES string of the molecule is CCOc1ccc(C(=O)N2CCN(c3cc(Oc4ccc(C)cc4)nc(C)n3)CC2)cc1. The van der Waals surface area contributed by atoms with Gasteiger partial charge >= 0.3 is 0 Å². The predicted molar refractivity (Wildman–Crippen MR) is 124 cm³/mol. The van der Waals surface area contributed by atoms with Crippen LogP contribution in [-0.2, 0) is 0 Å². The van der Waals surface area contributed by atoms with Crippen molar-refractivity contribution < 1.29 is 14.3 Å². The molecule has 1 fully saturated rings. The molecule has 0 N–H and O–H groups in total. The van der Waals surface area contributed by atoms with Crippen LogP contribution in [0.5, 0.6) is 17.4 Å². The van der Waals surface area contributed by atoms with Crippen molar-refractivity contribution in [3.63, 3.8) is 0 Å². The molecule has 0 radical (unpaired) electrons. The zero-order valence-corrected chi connectivity index (χ0v) is 18.7. The van der Waals surface area contributed by atoms with Gasteiger partial charge in [0.2, 0.25) is 5.88 Å². The lowest BCUT2D eigenvalue weighted by atomic mass is 10.1. The quantitative estimate of drug-likeness (QED) is 0.580. The summed E-state index contributed by atoms with van der Waals surface area (Å²) in [6.45, 7) is 9.10. The maximum Gasteiger partial charge on any atom is 0.253 e. The minimum Gasteiger partial charge on any atom is -0.494 e. The first kappa shape index (κ1) is 21.6. The van der Waals surface area contributed by atoms with Crippen LogP contribution < -0.4 is 14.4 Å². The van der Waals surface area contributed by atoms with Crippen LogP contribution in [0.1, 0.15) is 28.7 Å². The number of carbonyl (C=O) groups excluding carboxylic acids is 1. The summed E-state index contributed by atoms with van der Waals surface area (Å²) in [5.74, 6) is 3.53. The molecule has 7 nitrogen and oxygen atoms in total. The van der Waals surface area contributed by atoms with E-state index >= 15 is 0 Å². The zero-order chi connectivity index (χ0) is 22.5. The summed E-state index contributed by atoms with van der Waals surface area (Å²) in [5, 5.41) is 0. The second-order valence-corrected chi connectivity index (χ2v) is 7.76. The lowest BCUT2D eigenvalue weighted by Gasteiger charge is -2.35. The Hall–Kier alpha value is -3.61.